The quantitative estimate of drug-likeness (QED) is 0.858. The molecule has 2 fully saturated rings. The van der Waals surface area contributed by atoms with Crippen molar-refractivity contribution in [3.8, 4) is 0 Å². The second-order valence-corrected chi connectivity index (χ2v) is 8.54. The van der Waals surface area contributed by atoms with Crippen molar-refractivity contribution < 1.29 is 4.79 Å². The summed E-state index contributed by atoms with van der Waals surface area (Å²) in [4.78, 5) is 16.5. The van der Waals surface area contributed by atoms with E-state index < -0.39 is 0 Å². The predicted molar refractivity (Wildman–Crippen MR) is 89.3 cm³/mol. The minimum Gasteiger partial charge on any atom is -0.347 e. The summed E-state index contributed by atoms with van der Waals surface area (Å²) in [6, 6.07) is 0.388. The predicted octanol–water partition coefficient (Wildman–Crippen LogP) is 2.67. The molecule has 1 amide bonds. The number of amides is 1. The number of carbonyl (C=O) groups is 1. The molecule has 3 rings (SSSR count). The zero-order valence-corrected chi connectivity index (χ0v) is 14.8. The number of carbonyl (C=O) groups excluding carboxylic acids is 1. The Kier molecular flexibility index (Phi) is 4.14. The van der Waals surface area contributed by atoms with E-state index in [0.717, 1.165) is 48.9 Å². The van der Waals surface area contributed by atoms with Crippen molar-refractivity contribution >= 4 is 22.4 Å². The Morgan fingerprint density at radius 1 is 1.18 bits per heavy atom. The molecule has 0 bridgehead atoms. The number of nitrogens with zero attached hydrogens (tertiary/aromatic N) is 4. The van der Waals surface area contributed by atoms with E-state index >= 15 is 0 Å². The topological polar surface area (TPSA) is 49.3 Å². The maximum absolute atomic E-state index is 12.2. The Balaban J connectivity index is 1.57. The second kappa shape index (κ2) is 5.80. The molecule has 5 nitrogen and oxygen atoms in total. The molecule has 1 aliphatic heterocycles. The molecular weight excluding hydrogens is 296 g/mol. The lowest BCUT2D eigenvalue weighted by Gasteiger charge is -2.36. The van der Waals surface area contributed by atoms with Crippen LogP contribution in [0.2, 0.25) is 0 Å². The molecule has 0 atom stereocenters. The highest BCUT2D eigenvalue weighted by Crippen LogP contribution is 2.34. The first-order valence-corrected chi connectivity index (χ1v) is 9.03. The Labute approximate surface area is 136 Å². The Morgan fingerprint density at radius 2 is 1.82 bits per heavy atom. The summed E-state index contributed by atoms with van der Waals surface area (Å²) >= 11 is 1.70. The van der Waals surface area contributed by atoms with Crippen LogP contribution in [0.25, 0.3) is 0 Å². The van der Waals surface area contributed by atoms with Gasteiger partial charge in [-0.1, -0.05) is 32.1 Å². The highest BCUT2D eigenvalue weighted by molar-refractivity contribution is 7.15. The van der Waals surface area contributed by atoms with Crippen molar-refractivity contribution in [3.05, 3.63) is 5.01 Å². The van der Waals surface area contributed by atoms with Crippen molar-refractivity contribution in [1.29, 1.82) is 0 Å². The molecule has 1 aliphatic carbocycles. The Bertz CT molecular complexity index is 539. The summed E-state index contributed by atoms with van der Waals surface area (Å²) in [6.07, 6.45) is 4.23. The summed E-state index contributed by atoms with van der Waals surface area (Å²) in [5.41, 5.74) is 0.0607. The van der Waals surface area contributed by atoms with Gasteiger partial charge in [-0.3, -0.25) is 4.79 Å². The van der Waals surface area contributed by atoms with Crippen LogP contribution in [0.5, 0.6) is 0 Å². The fourth-order valence-electron chi connectivity index (χ4n) is 2.89. The molecule has 2 aliphatic rings. The number of piperidine rings is 1. The Hall–Kier alpha value is -1.17. The molecule has 0 N–H and O–H groups in total. The first-order valence-electron chi connectivity index (χ1n) is 8.22. The van der Waals surface area contributed by atoms with Gasteiger partial charge in [0.05, 0.1) is 0 Å². The molecule has 22 heavy (non-hydrogen) atoms. The zero-order valence-electron chi connectivity index (χ0n) is 14.0. The molecule has 2 heterocycles. The Morgan fingerprint density at radius 3 is 2.32 bits per heavy atom. The fourth-order valence-corrected chi connectivity index (χ4v) is 3.84. The minimum atomic E-state index is 0.0607. The monoisotopic (exact) mass is 322 g/mol. The van der Waals surface area contributed by atoms with Crippen LogP contribution in [0.3, 0.4) is 0 Å². The van der Waals surface area contributed by atoms with E-state index in [1.807, 2.05) is 11.9 Å². The van der Waals surface area contributed by atoms with Gasteiger partial charge in [-0.25, -0.2) is 0 Å². The minimum absolute atomic E-state index is 0.0607. The fraction of sp³-hybridized carbons (Fsp3) is 0.812. The van der Waals surface area contributed by atoms with Crippen LogP contribution in [-0.2, 0) is 10.2 Å². The van der Waals surface area contributed by atoms with Crippen LogP contribution in [-0.4, -0.2) is 47.2 Å². The number of hydrogen-bond donors (Lipinski definition) is 0. The van der Waals surface area contributed by atoms with Crippen molar-refractivity contribution in [2.45, 2.75) is 57.9 Å². The lowest BCUT2D eigenvalue weighted by molar-refractivity contribution is -0.133. The first-order chi connectivity index (χ1) is 10.4. The largest absolute Gasteiger partial charge is 0.347 e. The van der Waals surface area contributed by atoms with E-state index in [2.05, 4.69) is 35.9 Å². The molecule has 6 heteroatoms. The van der Waals surface area contributed by atoms with Crippen LogP contribution in [0, 0.1) is 5.92 Å². The standard InChI is InChI=1S/C16H26N4OS/c1-16(2,3)14-17-18-15(22-14)20-9-7-12(8-10-20)19(4)13(21)11-5-6-11/h11-12H,5-10H2,1-4H3. The number of hydrogen-bond acceptors (Lipinski definition) is 5. The number of aromatic nitrogens is 2. The van der Waals surface area contributed by atoms with E-state index in [1.54, 1.807) is 11.3 Å². The summed E-state index contributed by atoms with van der Waals surface area (Å²) in [7, 11) is 1.98. The van der Waals surface area contributed by atoms with Crippen LogP contribution < -0.4 is 4.90 Å². The maximum atomic E-state index is 12.2. The van der Waals surface area contributed by atoms with Gasteiger partial charge >= 0.3 is 0 Å². The highest BCUT2D eigenvalue weighted by Gasteiger charge is 2.35. The maximum Gasteiger partial charge on any atom is 0.225 e. The molecule has 0 aromatic carbocycles. The van der Waals surface area contributed by atoms with Crippen LogP contribution >= 0.6 is 11.3 Å². The summed E-state index contributed by atoms with van der Waals surface area (Å²) in [6.45, 7) is 8.43. The van der Waals surface area contributed by atoms with Gasteiger partial charge in [0, 0.05) is 37.5 Å². The van der Waals surface area contributed by atoms with Gasteiger partial charge in [-0.15, -0.1) is 10.2 Å². The molecule has 0 spiro atoms. The summed E-state index contributed by atoms with van der Waals surface area (Å²) in [5, 5.41) is 10.8. The second-order valence-electron chi connectivity index (χ2n) is 7.58. The normalized spacial score (nSPS) is 20.3. The van der Waals surface area contributed by atoms with Crippen LogP contribution in [0.4, 0.5) is 5.13 Å². The lowest BCUT2D eigenvalue weighted by Crippen LogP contribution is -2.46. The average molecular weight is 322 g/mol. The third kappa shape index (κ3) is 3.26. The van der Waals surface area contributed by atoms with Gasteiger partial charge < -0.3 is 9.80 Å². The van der Waals surface area contributed by atoms with Gasteiger partial charge in [0.15, 0.2) is 0 Å². The third-order valence-electron chi connectivity index (χ3n) is 4.61. The van der Waals surface area contributed by atoms with E-state index in [0.29, 0.717) is 17.9 Å². The SMILES string of the molecule is CN(C(=O)C1CC1)C1CCN(c2nnc(C(C)(C)C)s2)CC1. The molecule has 1 saturated carbocycles. The van der Waals surface area contributed by atoms with Crippen LogP contribution in [0.1, 0.15) is 51.5 Å². The molecule has 0 radical (unpaired) electrons. The molecule has 122 valence electrons. The van der Waals surface area contributed by atoms with E-state index in [4.69, 9.17) is 0 Å². The molecular formula is C16H26N4OS. The lowest BCUT2D eigenvalue weighted by atomic mass is 9.98. The molecule has 1 aromatic rings. The smallest absolute Gasteiger partial charge is 0.225 e. The molecule has 1 saturated heterocycles. The zero-order chi connectivity index (χ0) is 15.9. The van der Waals surface area contributed by atoms with Gasteiger partial charge in [0.2, 0.25) is 11.0 Å². The van der Waals surface area contributed by atoms with E-state index in [9.17, 15) is 4.79 Å². The van der Waals surface area contributed by atoms with Crippen molar-refractivity contribution in [1.82, 2.24) is 15.1 Å². The van der Waals surface area contributed by atoms with Gasteiger partial charge in [-0.2, -0.15) is 0 Å². The summed E-state index contributed by atoms with van der Waals surface area (Å²) < 4.78 is 0. The van der Waals surface area contributed by atoms with Crippen molar-refractivity contribution in [2.24, 2.45) is 5.92 Å². The van der Waals surface area contributed by atoms with E-state index in [1.165, 1.54) is 0 Å². The summed E-state index contributed by atoms with van der Waals surface area (Å²) in [5.74, 6) is 0.671. The van der Waals surface area contributed by atoms with Gasteiger partial charge in [0.25, 0.3) is 0 Å². The third-order valence-corrected chi connectivity index (χ3v) is 6.02. The first kappa shape index (κ1) is 15.7. The molecule has 0 unspecified atom stereocenters. The van der Waals surface area contributed by atoms with Crippen molar-refractivity contribution in [3.63, 3.8) is 0 Å². The number of rotatable bonds is 3. The van der Waals surface area contributed by atoms with E-state index in [-0.39, 0.29) is 5.41 Å². The van der Waals surface area contributed by atoms with Gasteiger partial charge in [-0.05, 0) is 25.7 Å². The average Bonchev–Trinajstić information content (AvgIpc) is 3.21. The van der Waals surface area contributed by atoms with Gasteiger partial charge in [0.1, 0.15) is 5.01 Å². The molecule has 1 aromatic heterocycles. The van der Waals surface area contributed by atoms with Crippen LogP contribution in [0.15, 0.2) is 0 Å². The highest BCUT2D eigenvalue weighted by atomic mass is 32.1. The number of anilines is 1. The van der Waals surface area contributed by atoms with Crippen molar-refractivity contribution in [2.75, 3.05) is 25.0 Å².